The summed E-state index contributed by atoms with van der Waals surface area (Å²) in [7, 11) is 0. The normalized spacial score (nSPS) is 16.9. The molecular formula is C27H25F7N4O3. The van der Waals surface area contributed by atoms with E-state index in [1.54, 1.807) is 25.1 Å². The number of carbonyl (C=O) groups is 3. The Labute approximate surface area is 229 Å². The molecule has 0 saturated carbocycles. The number of nitrogens with zero attached hydrogens (tertiary/aromatic N) is 1. The van der Waals surface area contributed by atoms with E-state index in [1.807, 2.05) is 0 Å². The van der Waals surface area contributed by atoms with Crippen LogP contribution in [-0.4, -0.2) is 42.0 Å². The van der Waals surface area contributed by atoms with Gasteiger partial charge in [0, 0.05) is 17.5 Å². The number of benzodiazepines with no additional fused rings is 1. The predicted octanol–water partition coefficient (Wildman–Crippen LogP) is 4.93. The zero-order chi connectivity index (χ0) is 30.7. The van der Waals surface area contributed by atoms with Crippen molar-refractivity contribution in [2.75, 3.05) is 5.32 Å². The summed E-state index contributed by atoms with van der Waals surface area (Å²) in [6.07, 6.45) is -16.1. The third-order valence-electron chi connectivity index (χ3n) is 6.31. The second kappa shape index (κ2) is 12.1. The molecule has 2 aromatic rings. The maximum atomic E-state index is 14.1. The van der Waals surface area contributed by atoms with Gasteiger partial charge in [-0.2, -0.15) is 26.3 Å². The zero-order valence-corrected chi connectivity index (χ0v) is 21.5. The van der Waals surface area contributed by atoms with E-state index < -0.39 is 78.7 Å². The monoisotopic (exact) mass is 586 g/mol. The summed E-state index contributed by atoms with van der Waals surface area (Å²) in [6, 6.07) is 9.95. The van der Waals surface area contributed by atoms with Gasteiger partial charge in [0.15, 0.2) is 0 Å². The van der Waals surface area contributed by atoms with Crippen molar-refractivity contribution in [3.8, 4) is 0 Å². The highest BCUT2D eigenvalue weighted by molar-refractivity contribution is 6.20. The number of alkyl halides is 6. The minimum absolute atomic E-state index is 0.0339. The zero-order valence-electron chi connectivity index (χ0n) is 21.5. The second-order valence-corrected chi connectivity index (χ2v) is 9.48. The van der Waals surface area contributed by atoms with Crippen molar-refractivity contribution in [1.29, 1.82) is 0 Å². The summed E-state index contributed by atoms with van der Waals surface area (Å²) in [5.41, 5.74) is 5.71. The Morgan fingerprint density at radius 1 is 1.10 bits per heavy atom. The Kier molecular flexibility index (Phi) is 9.24. The van der Waals surface area contributed by atoms with Crippen LogP contribution in [0.4, 0.5) is 36.4 Å². The van der Waals surface area contributed by atoms with Gasteiger partial charge in [0.2, 0.25) is 18.0 Å². The van der Waals surface area contributed by atoms with Gasteiger partial charge in [-0.15, -0.1) is 0 Å². The largest absolute Gasteiger partial charge is 0.392 e. The third-order valence-corrected chi connectivity index (χ3v) is 6.31. The molecule has 1 aliphatic rings. The maximum Gasteiger partial charge on any atom is 0.392 e. The highest BCUT2D eigenvalue weighted by atomic mass is 19.4. The second-order valence-electron chi connectivity index (χ2n) is 9.48. The number of nitrogens with two attached hydrogens (primary N) is 1. The van der Waals surface area contributed by atoms with Crippen LogP contribution in [0, 0.1) is 24.6 Å². The van der Waals surface area contributed by atoms with E-state index in [1.165, 1.54) is 12.1 Å². The summed E-state index contributed by atoms with van der Waals surface area (Å²) >= 11 is 0. The fourth-order valence-electron chi connectivity index (χ4n) is 4.50. The molecule has 14 heteroatoms. The van der Waals surface area contributed by atoms with E-state index in [4.69, 9.17) is 5.73 Å². The van der Waals surface area contributed by atoms with E-state index in [0.717, 1.165) is 12.1 Å². The van der Waals surface area contributed by atoms with Crippen LogP contribution < -0.4 is 16.4 Å². The SMILES string of the molecule is C=C(CC(F)(F)F)[C@H](C(N)=O)[C@@H](CCC(F)(F)F)C(=O)N[C@H]1N=C(c2cccc(F)c2)c2cccc(C)c2NC1=O. The summed E-state index contributed by atoms with van der Waals surface area (Å²) in [5.74, 6) is -8.69. The number of aryl methyl sites for hydroxylation is 1. The van der Waals surface area contributed by atoms with Crippen LogP contribution in [-0.2, 0) is 14.4 Å². The lowest BCUT2D eigenvalue weighted by molar-refractivity contribution is -0.147. The number of rotatable bonds is 9. The number of carbonyl (C=O) groups excluding carboxylic acids is 3. The lowest BCUT2D eigenvalue weighted by atomic mass is 9.80. The smallest absolute Gasteiger partial charge is 0.369 e. The quantitative estimate of drug-likeness (QED) is 0.286. The fourth-order valence-corrected chi connectivity index (χ4v) is 4.50. The molecule has 1 heterocycles. The van der Waals surface area contributed by atoms with Crippen molar-refractivity contribution in [2.45, 2.75) is 44.7 Å². The number of nitrogens with one attached hydrogen (secondary N) is 2. The van der Waals surface area contributed by atoms with Gasteiger partial charge in [-0.1, -0.05) is 42.5 Å². The summed E-state index contributed by atoms with van der Waals surface area (Å²) in [4.78, 5) is 42.9. The first-order chi connectivity index (χ1) is 19.0. The molecule has 0 spiro atoms. The topological polar surface area (TPSA) is 114 Å². The first kappa shape index (κ1) is 31.3. The number of fused-ring (bicyclic) bond motifs is 1. The van der Waals surface area contributed by atoms with E-state index >= 15 is 0 Å². The van der Waals surface area contributed by atoms with Gasteiger partial charge >= 0.3 is 12.4 Å². The molecule has 3 rings (SSSR count). The molecule has 0 radical (unpaired) electrons. The lowest BCUT2D eigenvalue weighted by Crippen LogP contribution is -2.48. The number of para-hydroxylation sites is 1. The average molecular weight is 587 g/mol. The predicted molar refractivity (Wildman–Crippen MR) is 135 cm³/mol. The molecule has 0 aromatic heterocycles. The van der Waals surface area contributed by atoms with Gasteiger partial charge in [-0.3, -0.25) is 14.4 Å². The first-order valence-corrected chi connectivity index (χ1v) is 12.1. The molecular weight excluding hydrogens is 561 g/mol. The van der Waals surface area contributed by atoms with Crippen LogP contribution >= 0.6 is 0 Å². The molecule has 0 aliphatic carbocycles. The van der Waals surface area contributed by atoms with E-state index in [0.29, 0.717) is 11.1 Å². The number of hydrogen-bond donors (Lipinski definition) is 3. The molecule has 3 amide bonds. The Balaban J connectivity index is 2.06. The third kappa shape index (κ3) is 8.14. The highest BCUT2D eigenvalue weighted by Gasteiger charge is 2.42. The Hall–Kier alpha value is -4.23. The molecule has 220 valence electrons. The first-order valence-electron chi connectivity index (χ1n) is 12.1. The minimum atomic E-state index is -4.90. The number of amides is 3. The molecule has 41 heavy (non-hydrogen) atoms. The van der Waals surface area contributed by atoms with Crippen molar-refractivity contribution in [2.24, 2.45) is 22.6 Å². The van der Waals surface area contributed by atoms with Crippen molar-refractivity contribution in [3.63, 3.8) is 0 Å². The summed E-state index contributed by atoms with van der Waals surface area (Å²) in [5, 5.41) is 4.70. The number of hydrogen-bond acceptors (Lipinski definition) is 4. The molecule has 0 bridgehead atoms. The van der Waals surface area contributed by atoms with E-state index in [-0.39, 0.29) is 17.0 Å². The molecule has 0 saturated heterocycles. The van der Waals surface area contributed by atoms with Crippen molar-refractivity contribution < 1.29 is 45.1 Å². The van der Waals surface area contributed by atoms with Crippen LogP contribution in [0.5, 0.6) is 0 Å². The number of primary amides is 1. The molecule has 4 N–H and O–H groups in total. The van der Waals surface area contributed by atoms with Gasteiger partial charge in [-0.25, -0.2) is 9.38 Å². The number of halogens is 7. The average Bonchev–Trinajstić information content (AvgIpc) is 2.97. The molecule has 7 nitrogen and oxygen atoms in total. The standard InChI is InChI=1S/C27H25F7N4O3/c1-13-5-3-8-18-20(13)37-25(41)23(36-21(18)15-6-4-7-16(28)11-15)38-24(40)17(9-10-26(29,30)31)19(22(35)39)14(2)12-27(32,33)34/h3-8,11,17,19,23H,2,9-10,12H2,1H3,(H2,35,39)(H,37,41)(H,38,40)/t17-,19+,23-/m1/s1. The number of aliphatic imine (C=N–C) groups is 1. The molecule has 0 fully saturated rings. The maximum absolute atomic E-state index is 14.1. The fraction of sp³-hybridized carbons (Fsp3) is 0.333. The Morgan fingerprint density at radius 3 is 2.34 bits per heavy atom. The van der Waals surface area contributed by atoms with Crippen LogP contribution in [0.2, 0.25) is 0 Å². The van der Waals surface area contributed by atoms with E-state index in [9.17, 15) is 45.1 Å². The van der Waals surface area contributed by atoms with Crippen LogP contribution in [0.25, 0.3) is 0 Å². The van der Waals surface area contributed by atoms with Crippen molar-refractivity contribution >= 4 is 29.1 Å². The minimum Gasteiger partial charge on any atom is -0.369 e. The molecule has 1 aliphatic heterocycles. The summed E-state index contributed by atoms with van der Waals surface area (Å²) in [6.45, 7) is 4.81. The van der Waals surface area contributed by atoms with Crippen LogP contribution in [0.1, 0.15) is 36.0 Å². The molecule has 2 aromatic carbocycles. The molecule has 0 unspecified atom stereocenters. The van der Waals surface area contributed by atoms with Gasteiger partial charge in [-0.05, 0) is 31.0 Å². The number of anilines is 1. The highest BCUT2D eigenvalue weighted by Crippen LogP contribution is 2.35. The molecule has 3 atom stereocenters. The van der Waals surface area contributed by atoms with Crippen molar-refractivity contribution in [3.05, 3.63) is 77.1 Å². The number of benzene rings is 2. The Morgan fingerprint density at radius 2 is 1.76 bits per heavy atom. The van der Waals surface area contributed by atoms with Crippen molar-refractivity contribution in [1.82, 2.24) is 5.32 Å². The van der Waals surface area contributed by atoms with Gasteiger partial charge in [0.05, 0.1) is 29.7 Å². The van der Waals surface area contributed by atoms with Gasteiger partial charge < -0.3 is 16.4 Å². The Bertz CT molecular complexity index is 1390. The van der Waals surface area contributed by atoms with Crippen LogP contribution in [0.15, 0.2) is 59.6 Å². The van der Waals surface area contributed by atoms with E-state index in [2.05, 4.69) is 22.2 Å². The van der Waals surface area contributed by atoms with Gasteiger partial charge in [0.1, 0.15) is 5.82 Å². The van der Waals surface area contributed by atoms with Crippen LogP contribution in [0.3, 0.4) is 0 Å². The lowest BCUT2D eigenvalue weighted by Gasteiger charge is -2.27. The summed E-state index contributed by atoms with van der Waals surface area (Å²) < 4.78 is 92.5. The van der Waals surface area contributed by atoms with Gasteiger partial charge in [0.25, 0.3) is 5.91 Å².